The van der Waals surface area contributed by atoms with Crippen molar-refractivity contribution in [2.45, 2.75) is 19.4 Å². The van der Waals surface area contributed by atoms with Crippen LogP contribution >= 0.6 is 0 Å². The van der Waals surface area contributed by atoms with Crippen molar-refractivity contribution in [2.24, 2.45) is 0 Å². The van der Waals surface area contributed by atoms with Gasteiger partial charge in [0.2, 0.25) is 0 Å². The number of aromatic nitrogens is 2. The summed E-state index contributed by atoms with van der Waals surface area (Å²) in [6.07, 6.45) is 3.07. The van der Waals surface area contributed by atoms with Gasteiger partial charge in [0, 0.05) is 11.8 Å². The number of carbonyl (C=O) groups is 2. The molecule has 0 atom stereocenters. The van der Waals surface area contributed by atoms with Gasteiger partial charge in [0.15, 0.2) is 0 Å². The second kappa shape index (κ2) is 7.16. The van der Waals surface area contributed by atoms with Gasteiger partial charge in [-0.1, -0.05) is 6.07 Å². The molecule has 0 saturated heterocycles. The molecule has 0 aliphatic rings. The van der Waals surface area contributed by atoms with Gasteiger partial charge >= 0.3 is 0 Å². The number of benzene rings is 1. The number of rotatable bonds is 5. The Labute approximate surface area is 154 Å². The Kier molecular flexibility index (Phi) is 4.91. The number of hydrogen-bond acceptors (Lipinski definition) is 4. The van der Waals surface area contributed by atoms with Gasteiger partial charge in [0.25, 0.3) is 11.8 Å². The predicted molar refractivity (Wildman–Crippen MR) is 98.2 cm³/mol. The number of nitrogens with one attached hydrogen (secondary N) is 2. The highest BCUT2D eigenvalue weighted by atomic mass is 19.1. The highest BCUT2D eigenvalue weighted by Gasteiger charge is 2.21. The zero-order valence-electron chi connectivity index (χ0n) is 14.9. The van der Waals surface area contributed by atoms with Crippen LogP contribution in [0.15, 0.2) is 48.8 Å². The molecule has 1 aromatic carbocycles. The van der Waals surface area contributed by atoms with Crippen LogP contribution in [0.5, 0.6) is 0 Å². The first-order valence-electron chi connectivity index (χ1n) is 8.27. The Morgan fingerprint density at radius 2 is 2.00 bits per heavy atom. The van der Waals surface area contributed by atoms with E-state index in [2.05, 4.69) is 15.6 Å². The van der Waals surface area contributed by atoms with Crippen LogP contribution in [0.25, 0.3) is 5.65 Å². The molecule has 2 heterocycles. The fraction of sp³-hybridized carbons (Fsp3) is 0.211. The normalized spacial score (nSPS) is 11.4. The summed E-state index contributed by atoms with van der Waals surface area (Å²) in [5, 5.41) is 14.4. The first-order chi connectivity index (χ1) is 12.8. The van der Waals surface area contributed by atoms with E-state index >= 15 is 0 Å². The van der Waals surface area contributed by atoms with E-state index in [1.54, 1.807) is 42.6 Å². The lowest BCUT2D eigenvalue weighted by Gasteiger charge is -2.23. The summed E-state index contributed by atoms with van der Waals surface area (Å²) >= 11 is 0. The van der Waals surface area contributed by atoms with E-state index in [4.69, 9.17) is 0 Å². The van der Waals surface area contributed by atoms with Gasteiger partial charge in [-0.2, -0.15) is 0 Å². The van der Waals surface area contributed by atoms with Gasteiger partial charge in [-0.25, -0.2) is 9.37 Å². The van der Waals surface area contributed by atoms with Crippen LogP contribution in [0.3, 0.4) is 0 Å². The van der Waals surface area contributed by atoms with Gasteiger partial charge in [-0.3, -0.25) is 14.0 Å². The van der Waals surface area contributed by atoms with Gasteiger partial charge in [0.05, 0.1) is 24.0 Å². The summed E-state index contributed by atoms with van der Waals surface area (Å²) in [7, 11) is 0. The van der Waals surface area contributed by atoms with Crippen molar-refractivity contribution >= 4 is 23.1 Å². The highest BCUT2D eigenvalue weighted by Crippen LogP contribution is 2.18. The van der Waals surface area contributed by atoms with E-state index in [0.29, 0.717) is 5.65 Å². The van der Waals surface area contributed by atoms with E-state index in [9.17, 15) is 19.1 Å². The average molecular weight is 370 g/mol. The molecular weight excluding hydrogens is 351 g/mol. The van der Waals surface area contributed by atoms with E-state index < -0.39 is 23.2 Å². The fourth-order valence-electron chi connectivity index (χ4n) is 2.47. The Bertz CT molecular complexity index is 1010. The van der Waals surface area contributed by atoms with Gasteiger partial charge in [-0.15, -0.1) is 0 Å². The molecule has 0 bridgehead atoms. The van der Waals surface area contributed by atoms with Crippen molar-refractivity contribution in [3.05, 3.63) is 65.9 Å². The first-order valence-corrected chi connectivity index (χ1v) is 8.27. The quantitative estimate of drug-likeness (QED) is 0.642. The summed E-state index contributed by atoms with van der Waals surface area (Å²) < 4.78 is 15.7. The van der Waals surface area contributed by atoms with Crippen LogP contribution in [-0.4, -0.2) is 38.5 Å². The summed E-state index contributed by atoms with van der Waals surface area (Å²) in [5.41, 5.74) is 0.0289. The van der Waals surface area contributed by atoms with E-state index in [1.807, 2.05) is 0 Å². The SMILES string of the molecule is CC(C)(CO)NC(=O)c1ccc(F)c(NC(=O)c2cnc3ccccn23)c1. The molecule has 27 heavy (non-hydrogen) atoms. The first kappa shape index (κ1) is 18.5. The highest BCUT2D eigenvalue weighted by molar-refractivity contribution is 6.04. The Balaban J connectivity index is 1.84. The van der Waals surface area contributed by atoms with Crippen LogP contribution in [0, 0.1) is 5.82 Å². The average Bonchev–Trinajstić information content (AvgIpc) is 3.07. The Morgan fingerprint density at radius 3 is 2.74 bits per heavy atom. The fourth-order valence-corrected chi connectivity index (χ4v) is 2.47. The molecule has 0 radical (unpaired) electrons. The standard InChI is InChI=1S/C19H19FN4O3/c1-19(2,11-25)23-17(26)12-6-7-13(20)14(9-12)22-18(27)15-10-21-16-5-3-4-8-24(15)16/h3-10,25H,11H2,1-2H3,(H,22,27)(H,23,26). The smallest absolute Gasteiger partial charge is 0.274 e. The zero-order valence-corrected chi connectivity index (χ0v) is 14.9. The number of aliphatic hydroxyl groups is 1. The van der Waals surface area contributed by atoms with E-state index in [1.165, 1.54) is 18.3 Å². The minimum Gasteiger partial charge on any atom is -0.394 e. The molecule has 3 N–H and O–H groups in total. The van der Waals surface area contributed by atoms with Crippen molar-refractivity contribution in [1.82, 2.24) is 14.7 Å². The Morgan fingerprint density at radius 1 is 1.22 bits per heavy atom. The van der Waals surface area contributed by atoms with Crippen LogP contribution in [0.4, 0.5) is 10.1 Å². The molecule has 0 fully saturated rings. The maximum Gasteiger partial charge on any atom is 0.274 e. The van der Waals surface area contributed by atoms with Crippen molar-refractivity contribution in [3.8, 4) is 0 Å². The second-order valence-corrected chi connectivity index (χ2v) is 6.72. The number of imidazole rings is 1. The number of aliphatic hydroxyl groups excluding tert-OH is 1. The monoisotopic (exact) mass is 370 g/mol. The number of pyridine rings is 1. The Hall–Kier alpha value is -3.26. The lowest BCUT2D eigenvalue weighted by Crippen LogP contribution is -2.46. The maximum absolute atomic E-state index is 14.1. The zero-order chi connectivity index (χ0) is 19.6. The molecule has 2 aromatic heterocycles. The van der Waals surface area contributed by atoms with Crippen molar-refractivity contribution in [1.29, 1.82) is 0 Å². The molecule has 0 saturated carbocycles. The number of halogens is 1. The largest absolute Gasteiger partial charge is 0.394 e. The molecule has 3 rings (SSSR count). The molecule has 3 aromatic rings. The molecule has 7 nitrogen and oxygen atoms in total. The third kappa shape index (κ3) is 3.95. The number of carbonyl (C=O) groups excluding carboxylic acids is 2. The number of hydrogen-bond donors (Lipinski definition) is 3. The lowest BCUT2D eigenvalue weighted by molar-refractivity contribution is 0.0868. The summed E-state index contributed by atoms with van der Waals surface area (Å²) in [6, 6.07) is 8.94. The molecule has 0 aliphatic heterocycles. The van der Waals surface area contributed by atoms with Crippen LogP contribution < -0.4 is 10.6 Å². The van der Waals surface area contributed by atoms with E-state index in [-0.39, 0.29) is 23.6 Å². The third-order valence-electron chi connectivity index (χ3n) is 3.97. The minimum absolute atomic E-state index is 0.125. The molecule has 8 heteroatoms. The molecular formula is C19H19FN4O3. The molecule has 140 valence electrons. The summed E-state index contributed by atoms with van der Waals surface area (Å²) in [6.45, 7) is 3.06. The number of nitrogens with zero attached hydrogens (tertiary/aromatic N) is 2. The maximum atomic E-state index is 14.1. The summed E-state index contributed by atoms with van der Waals surface area (Å²) in [4.78, 5) is 28.9. The molecule has 0 aliphatic carbocycles. The summed E-state index contributed by atoms with van der Waals surface area (Å²) in [5.74, 6) is -1.71. The number of anilines is 1. The predicted octanol–water partition coefficient (Wildman–Crippen LogP) is 2.23. The molecule has 0 spiro atoms. The minimum atomic E-state index is -0.828. The van der Waals surface area contributed by atoms with Crippen LogP contribution in [0.2, 0.25) is 0 Å². The second-order valence-electron chi connectivity index (χ2n) is 6.72. The lowest BCUT2D eigenvalue weighted by atomic mass is 10.1. The van der Waals surface area contributed by atoms with Gasteiger partial charge < -0.3 is 15.7 Å². The molecule has 2 amide bonds. The molecule has 0 unspecified atom stereocenters. The number of fused-ring (bicyclic) bond motifs is 1. The van der Waals surface area contributed by atoms with Gasteiger partial charge in [0.1, 0.15) is 17.2 Å². The van der Waals surface area contributed by atoms with E-state index in [0.717, 1.165) is 6.07 Å². The topological polar surface area (TPSA) is 95.7 Å². The third-order valence-corrected chi connectivity index (χ3v) is 3.97. The van der Waals surface area contributed by atoms with Crippen molar-refractivity contribution in [3.63, 3.8) is 0 Å². The van der Waals surface area contributed by atoms with Crippen molar-refractivity contribution in [2.75, 3.05) is 11.9 Å². The van der Waals surface area contributed by atoms with Crippen LogP contribution in [-0.2, 0) is 0 Å². The van der Waals surface area contributed by atoms with Crippen molar-refractivity contribution < 1.29 is 19.1 Å². The van der Waals surface area contributed by atoms with Crippen LogP contribution in [0.1, 0.15) is 34.7 Å². The number of amides is 2. The van der Waals surface area contributed by atoms with Gasteiger partial charge in [-0.05, 0) is 44.2 Å².